The summed E-state index contributed by atoms with van der Waals surface area (Å²) in [7, 11) is 1.86. The highest BCUT2D eigenvalue weighted by atomic mass is 32.1. The first kappa shape index (κ1) is 12.5. The van der Waals surface area contributed by atoms with Crippen molar-refractivity contribution in [3.8, 4) is 0 Å². The lowest BCUT2D eigenvalue weighted by Crippen LogP contribution is -2.42. The van der Waals surface area contributed by atoms with Crippen LogP contribution in [0.5, 0.6) is 0 Å². The molecule has 0 aromatic carbocycles. The Bertz CT molecular complexity index is 392. The van der Waals surface area contributed by atoms with Crippen molar-refractivity contribution in [2.45, 2.75) is 19.5 Å². The van der Waals surface area contributed by atoms with Gasteiger partial charge in [-0.25, -0.2) is 0 Å². The second-order valence-electron chi connectivity index (χ2n) is 4.27. The van der Waals surface area contributed by atoms with Crippen LogP contribution in [0, 0.1) is 12.8 Å². The summed E-state index contributed by atoms with van der Waals surface area (Å²) in [6.07, 6.45) is 0. The van der Waals surface area contributed by atoms with Gasteiger partial charge in [0.05, 0.1) is 25.7 Å². The number of rotatable bonds is 4. The molecule has 1 saturated heterocycles. The maximum absolute atomic E-state index is 12.0. The Balaban J connectivity index is 1.84. The van der Waals surface area contributed by atoms with Gasteiger partial charge in [-0.3, -0.25) is 4.79 Å². The fraction of sp³-hybridized carbons (Fsp3) is 0.583. The third-order valence-corrected chi connectivity index (χ3v) is 4.02. The molecule has 0 spiro atoms. The number of carbonyl (C=O) groups excluding carboxylic acids is 1. The number of nitrogens with one attached hydrogen (secondary N) is 2. The molecule has 2 rings (SSSR count). The summed E-state index contributed by atoms with van der Waals surface area (Å²) in [5.74, 6) is 0.00830. The Kier molecular flexibility index (Phi) is 4.15. The van der Waals surface area contributed by atoms with Crippen LogP contribution in [-0.2, 0) is 16.1 Å². The van der Waals surface area contributed by atoms with E-state index in [1.165, 1.54) is 9.75 Å². The Morgan fingerprint density at radius 3 is 3.00 bits per heavy atom. The predicted molar refractivity (Wildman–Crippen MR) is 68.1 cm³/mol. The molecule has 94 valence electrons. The van der Waals surface area contributed by atoms with Gasteiger partial charge in [-0.15, -0.1) is 11.3 Å². The number of likely N-dealkylation sites (N-methyl/N-ethyl adjacent to an activating group) is 1. The fourth-order valence-corrected chi connectivity index (χ4v) is 2.81. The molecule has 4 nitrogen and oxygen atoms in total. The van der Waals surface area contributed by atoms with Crippen molar-refractivity contribution in [1.82, 2.24) is 10.6 Å². The molecule has 1 aliphatic rings. The summed E-state index contributed by atoms with van der Waals surface area (Å²) in [6, 6.07) is 4.27. The van der Waals surface area contributed by atoms with Crippen molar-refractivity contribution in [3.05, 3.63) is 21.9 Å². The SMILES string of the molecule is CNC1COCC1C(=O)NCc1ccc(C)s1. The van der Waals surface area contributed by atoms with Gasteiger partial charge in [-0.2, -0.15) is 0 Å². The molecule has 5 heteroatoms. The highest BCUT2D eigenvalue weighted by Gasteiger charge is 2.32. The molecular formula is C12H18N2O2S. The van der Waals surface area contributed by atoms with E-state index in [9.17, 15) is 4.79 Å². The first-order valence-corrected chi connectivity index (χ1v) is 6.60. The summed E-state index contributed by atoms with van der Waals surface area (Å²) in [4.78, 5) is 14.4. The summed E-state index contributed by atoms with van der Waals surface area (Å²) >= 11 is 1.72. The number of hydrogen-bond donors (Lipinski definition) is 2. The minimum Gasteiger partial charge on any atom is -0.379 e. The average molecular weight is 254 g/mol. The van der Waals surface area contributed by atoms with E-state index in [0.29, 0.717) is 19.8 Å². The van der Waals surface area contributed by atoms with Crippen molar-refractivity contribution in [3.63, 3.8) is 0 Å². The van der Waals surface area contributed by atoms with Gasteiger partial charge in [0.25, 0.3) is 0 Å². The molecule has 1 aliphatic heterocycles. The Morgan fingerprint density at radius 2 is 2.35 bits per heavy atom. The van der Waals surface area contributed by atoms with Gasteiger partial charge in [-0.1, -0.05) is 0 Å². The van der Waals surface area contributed by atoms with E-state index in [-0.39, 0.29) is 17.9 Å². The molecule has 0 bridgehead atoms. The molecule has 1 amide bonds. The van der Waals surface area contributed by atoms with Crippen molar-refractivity contribution in [2.75, 3.05) is 20.3 Å². The number of thiophene rings is 1. The van der Waals surface area contributed by atoms with Crippen LogP contribution in [0.4, 0.5) is 0 Å². The summed E-state index contributed by atoms with van der Waals surface area (Å²) < 4.78 is 5.32. The number of aryl methyl sites for hydroxylation is 1. The summed E-state index contributed by atoms with van der Waals surface area (Å²) in [5.41, 5.74) is 0. The molecule has 0 saturated carbocycles. The molecule has 2 N–H and O–H groups in total. The number of hydrogen-bond acceptors (Lipinski definition) is 4. The molecule has 0 radical (unpaired) electrons. The van der Waals surface area contributed by atoms with Crippen LogP contribution < -0.4 is 10.6 Å². The quantitative estimate of drug-likeness (QED) is 0.839. The molecule has 17 heavy (non-hydrogen) atoms. The van der Waals surface area contributed by atoms with Gasteiger partial charge in [-0.05, 0) is 26.1 Å². The first-order chi connectivity index (χ1) is 8.20. The van der Waals surface area contributed by atoms with Crippen LogP contribution in [0.2, 0.25) is 0 Å². The summed E-state index contributed by atoms with van der Waals surface area (Å²) in [6.45, 7) is 3.82. The lowest BCUT2D eigenvalue weighted by molar-refractivity contribution is -0.125. The Hall–Kier alpha value is -0.910. The average Bonchev–Trinajstić information content (AvgIpc) is 2.94. The maximum Gasteiger partial charge on any atom is 0.227 e. The third-order valence-electron chi connectivity index (χ3n) is 3.02. The standard InChI is InChI=1S/C12H18N2O2S/c1-8-3-4-9(17-8)5-14-12(15)10-6-16-7-11(10)13-2/h3-4,10-11,13H,5-7H2,1-2H3,(H,14,15). The zero-order valence-corrected chi connectivity index (χ0v) is 11.0. The minimum atomic E-state index is -0.0685. The number of carbonyl (C=O) groups is 1. The molecule has 1 fully saturated rings. The van der Waals surface area contributed by atoms with Crippen LogP contribution >= 0.6 is 11.3 Å². The van der Waals surface area contributed by atoms with E-state index < -0.39 is 0 Å². The predicted octanol–water partition coefficient (Wildman–Crippen LogP) is 0.907. The largest absolute Gasteiger partial charge is 0.379 e. The molecule has 1 aromatic rings. The fourth-order valence-electron chi connectivity index (χ4n) is 1.98. The van der Waals surface area contributed by atoms with Gasteiger partial charge in [0.2, 0.25) is 5.91 Å². The minimum absolute atomic E-state index is 0.0685. The van der Waals surface area contributed by atoms with Crippen molar-refractivity contribution >= 4 is 17.2 Å². The lowest BCUT2D eigenvalue weighted by Gasteiger charge is -2.15. The van der Waals surface area contributed by atoms with Crippen molar-refractivity contribution in [1.29, 1.82) is 0 Å². The molecule has 0 aliphatic carbocycles. The van der Waals surface area contributed by atoms with E-state index in [1.807, 2.05) is 7.05 Å². The second-order valence-corrected chi connectivity index (χ2v) is 5.64. The van der Waals surface area contributed by atoms with Gasteiger partial charge in [0.15, 0.2) is 0 Å². The van der Waals surface area contributed by atoms with Gasteiger partial charge in [0, 0.05) is 15.8 Å². The zero-order valence-electron chi connectivity index (χ0n) is 10.2. The first-order valence-electron chi connectivity index (χ1n) is 5.78. The molecular weight excluding hydrogens is 236 g/mol. The molecule has 2 atom stereocenters. The van der Waals surface area contributed by atoms with Crippen LogP contribution in [0.15, 0.2) is 12.1 Å². The van der Waals surface area contributed by atoms with Crippen LogP contribution in [0.25, 0.3) is 0 Å². The molecule has 1 aromatic heterocycles. The van der Waals surface area contributed by atoms with Gasteiger partial charge >= 0.3 is 0 Å². The molecule has 2 heterocycles. The van der Waals surface area contributed by atoms with Crippen molar-refractivity contribution < 1.29 is 9.53 Å². The van der Waals surface area contributed by atoms with Crippen LogP contribution in [0.1, 0.15) is 9.75 Å². The van der Waals surface area contributed by atoms with E-state index in [4.69, 9.17) is 4.74 Å². The molecule has 2 unspecified atom stereocenters. The highest BCUT2D eigenvalue weighted by Crippen LogP contribution is 2.16. The Labute approximate surface area is 105 Å². The smallest absolute Gasteiger partial charge is 0.227 e. The lowest BCUT2D eigenvalue weighted by atomic mass is 10.0. The third kappa shape index (κ3) is 3.06. The topological polar surface area (TPSA) is 50.4 Å². The normalized spacial score (nSPS) is 23.9. The Morgan fingerprint density at radius 1 is 1.53 bits per heavy atom. The van der Waals surface area contributed by atoms with E-state index in [2.05, 4.69) is 29.7 Å². The van der Waals surface area contributed by atoms with Crippen molar-refractivity contribution in [2.24, 2.45) is 5.92 Å². The second kappa shape index (κ2) is 5.62. The van der Waals surface area contributed by atoms with Gasteiger partial charge in [0.1, 0.15) is 0 Å². The van der Waals surface area contributed by atoms with Crippen LogP contribution in [-0.4, -0.2) is 32.2 Å². The summed E-state index contributed by atoms with van der Waals surface area (Å²) in [5, 5.41) is 6.08. The highest BCUT2D eigenvalue weighted by molar-refractivity contribution is 7.11. The van der Waals surface area contributed by atoms with E-state index >= 15 is 0 Å². The van der Waals surface area contributed by atoms with Crippen LogP contribution in [0.3, 0.4) is 0 Å². The van der Waals surface area contributed by atoms with E-state index in [0.717, 1.165) is 0 Å². The van der Waals surface area contributed by atoms with Gasteiger partial charge < -0.3 is 15.4 Å². The zero-order chi connectivity index (χ0) is 12.3. The number of ether oxygens (including phenoxy) is 1. The monoisotopic (exact) mass is 254 g/mol. The van der Waals surface area contributed by atoms with E-state index in [1.54, 1.807) is 11.3 Å². The number of amides is 1. The maximum atomic E-state index is 12.0.